The largest absolute Gasteiger partial charge is 0.308 e. The van der Waals surface area contributed by atoms with Crippen molar-refractivity contribution in [1.82, 2.24) is 5.32 Å². The molecule has 1 N–H and O–H groups in total. The SMILES string of the molecule is FCC1(F)CNCC1(F)F. The van der Waals surface area contributed by atoms with Crippen LogP contribution in [0.1, 0.15) is 0 Å². The van der Waals surface area contributed by atoms with Crippen molar-refractivity contribution in [2.24, 2.45) is 0 Å². The quantitative estimate of drug-likeness (QED) is 0.557. The third-order valence-electron chi connectivity index (χ3n) is 1.62. The fraction of sp³-hybridized carbons (Fsp3) is 1.00. The Morgan fingerprint density at radius 1 is 1.20 bits per heavy atom. The van der Waals surface area contributed by atoms with Crippen molar-refractivity contribution in [3.8, 4) is 0 Å². The van der Waals surface area contributed by atoms with E-state index in [2.05, 4.69) is 5.32 Å². The summed E-state index contributed by atoms with van der Waals surface area (Å²) < 4.78 is 48.9. The fourth-order valence-corrected chi connectivity index (χ4v) is 0.850. The molecule has 0 bridgehead atoms. The highest BCUT2D eigenvalue weighted by Crippen LogP contribution is 2.35. The predicted molar refractivity (Wildman–Crippen MR) is 27.6 cm³/mol. The first-order chi connectivity index (χ1) is 4.52. The zero-order valence-electron chi connectivity index (χ0n) is 5.13. The second-order valence-corrected chi connectivity index (χ2v) is 2.41. The molecular weight excluding hydrogens is 150 g/mol. The van der Waals surface area contributed by atoms with Gasteiger partial charge in [0, 0.05) is 6.54 Å². The lowest BCUT2D eigenvalue weighted by Crippen LogP contribution is -2.44. The van der Waals surface area contributed by atoms with E-state index in [-0.39, 0.29) is 0 Å². The van der Waals surface area contributed by atoms with Gasteiger partial charge in [-0.15, -0.1) is 0 Å². The van der Waals surface area contributed by atoms with Crippen LogP contribution in [0.2, 0.25) is 0 Å². The Labute approximate surface area is 55.4 Å². The maximum atomic E-state index is 12.6. The van der Waals surface area contributed by atoms with Crippen molar-refractivity contribution in [1.29, 1.82) is 0 Å². The molecule has 1 rings (SSSR count). The van der Waals surface area contributed by atoms with Crippen LogP contribution < -0.4 is 5.32 Å². The van der Waals surface area contributed by atoms with Crippen LogP contribution in [0.4, 0.5) is 17.6 Å². The molecule has 10 heavy (non-hydrogen) atoms. The van der Waals surface area contributed by atoms with E-state index in [0.29, 0.717) is 0 Å². The maximum absolute atomic E-state index is 12.6. The van der Waals surface area contributed by atoms with Gasteiger partial charge in [-0.2, -0.15) is 0 Å². The second kappa shape index (κ2) is 2.08. The highest BCUT2D eigenvalue weighted by Gasteiger charge is 2.58. The van der Waals surface area contributed by atoms with Gasteiger partial charge < -0.3 is 5.32 Å². The summed E-state index contributed by atoms with van der Waals surface area (Å²) in [6.07, 6.45) is 0. The van der Waals surface area contributed by atoms with Crippen LogP contribution in [0, 0.1) is 0 Å². The molecule has 1 heterocycles. The number of nitrogens with one attached hydrogen (secondary N) is 1. The molecule has 60 valence electrons. The Balaban J connectivity index is 2.76. The van der Waals surface area contributed by atoms with Gasteiger partial charge >= 0.3 is 0 Å². The Kier molecular flexibility index (Phi) is 1.62. The van der Waals surface area contributed by atoms with Crippen molar-refractivity contribution in [2.75, 3.05) is 19.8 Å². The average molecular weight is 157 g/mol. The van der Waals surface area contributed by atoms with Crippen molar-refractivity contribution < 1.29 is 17.6 Å². The van der Waals surface area contributed by atoms with E-state index in [0.717, 1.165) is 0 Å². The lowest BCUT2D eigenvalue weighted by molar-refractivity contribution is -0.109. The molecule has 1 nitrogen and oxygen atoms in total. The molecule has 1 aliphatic heterocycles. The molecule has 0 amide bonds. The standard InChI is InChI=1S/C5H7F4N/c6-1-4(7)2-10-3-5(4,8)9/h10H,1-3H2. The molecule has 0 aromatic heterocycles. The van der Waals surface area contributed by atoms with Gasteiger partial charge in [0.1, 0.15) is 6.67 Å². The van der Waals surface area contributed by atoms with Crippen molar-refractivity contribution >= 4 is 0 Å². The highest BCUT2D eigenvalue weighted by molar-refractivity contribution is 5.02. The van der Waals surface area contributed by atoms with Gasteiger partial charge in [0.15, 0.2) is 0 Å². The first kappa shape index (κ1) is 7.78. The summed E-state index contributed by atoms with van der Waals surface area (Å²) in [5.41, 5.74) is -2.98. The van der Waals surface area contributed by atoms with Gasteiger partial charge in [-0.1, -0.05) is 0 Å². The van der Waals surface area contributed by atoms with E-state index in [1.54, 1.807) is 0 Å². The first-order valence-corrected chi connectivity index (χ1v) is 2.85. The van der Waals surface area contributed by atoms with Crippen molar-refractivity contribution in [3.63, 3.8) is 0 Å². The first-order valence-electron chi connectivity index (χ1n) is 2.85. The lowest BCUT2D eigenvalue weighted by atomic mass is 10.0. The van der Waals surface area contributed by atoms with Crippen LogP contribution >= 0.6 is 0 Å². The smallest absolute Gasteiger partial charge is 0.297 e. The second-order valence-electron chi connectivity index (χ2n) is 2.41. The summed E-state index contributed by atoms with van der Waals surface area (Å²) in [6, 6.07) is 0. The zero-order valence-corrected chi connectivity index (χ0v) is 5.13. The van der Waals surface area contributed by atoms with Gasteiger partial charge in [0.05, 0.1) is 6.54 Å². The molecule has 5 heteroatoms. The Bertz CT molecular complexity index is 138. The summed E-state index contributed by atoms with van der Waals surface area (Å²) >= 11 is 0. The van der Waals surface area contributed by atoms with Crippen LogP contribution in [0.25, 0.3) is 0 Å². The number of hydrogen-bond acceptors (Lipinski definition) is 1. The fourth-order valence-electron chi connectivity index (χ4n) is 0.850. The lowest BCUT2D eigenvalue weighted by Gasteiger charge is -2.21. The van der Waals surface area contributed by atoms with Crippen molar-refractivity contribution in [2.45, 2.75) is 11.6 Å². The van der Waals surface area contributed by atoms with E-state index in [1.807, 2.05) is 0 Å². The van der Waals surface area contributed by atoms with E-state index in [9.17, 15) is 17.6 Å². The number of hydrogen-bond donors (Lipinski definition) is 1. The molecule has 1 atom stereocenters. The molecule has 1 fully saturated rings. The molecule has 1 aliphatic rings. The molecule has 1 unspecified atom stereocenters. The zero-order chi connectivity index (χ0) is 7.83. The minimum atomic E-state index is -3.55. The van der Waals surface area contributed by atoms with Crippen LogP contribution in [0.5, 0.6) is 0 Å². The molecule has 0 saturated carbocycles. The molecule has 0 aromatic rings. The third-order valence-corrected chi connectivity index (χ3v) is 1.62. The van der Waals surface area contributed by atoms with E-state index >= 15 is 0 Å². The van der Waals surface area contributed by atoms with Gasteiger partial charge in [0.2, 0.25) is 5.67 Å². The average Bonchev–Trinajstić information content (AvgIpc) is 2.10. The summed E-state index contributed by atoms with van der Waals surface area (Å²) in [6.45, 7) is -3.00. The highest BCUT2D eigenvalue weighted by atomic mass is 19.3. The van der Waals surface area contributed by atoms with Gasteiger partial charge in [-0.25, -0.2) is 17.6 Å². The van der Waals surface area contributed by atoms with E-state index in [1.165, 1.54) is 0 Å². The minimum Gasteiger partial charge on any atom is -0.308 e. The molecule has 0 spiro atoms. The minimum absolute atomic E-state index is 0.601. The Hall–Kier alpha value is -0.320. The Morgan fingerprint density at radius 3 is 2.00 bits per heavy atom. The molecule has 0 aliphatic carbocycles. The molecular formula is C5H7F4N. The van der Waals surface area contributed by atoms with Crippen LogP contribution in [-0.4, -0.2) is 31.4 Å². The van der Waals surface area contributed by atoms with Crippen molar-refractivity contribution in [3.05, 3.63) is 0 Å². The molecule has 1 saturated heterocycles. The normalized spacial score (nSPS) is 38.4. The van der Waals surface area contributed by atoms with Crippen LogP contribution in [0.3, 0.4) is 0 Å². The van der Waals surface area contributed by atoms with Gasteiger partial charge in [0.25, 0.3) is 5.92 Å². The summed E-state index contributed by atoms with van der Waals surface area (Å²) in [4.78, 5) is 0. The predicted octanol–water partition coefficient (Wildman–Crippen LogP) is 0.903. The summed E-state index contributed by atoms with van der Waals surface area (Å²) in [7, 11) is 0. The molecule has 0 radical (unpaired) electrons. The maximum Gasteiger partial charge on any atom is 0.297 e. The summed E-state index contributed by atoms with van der Waals surface area (Å²) in [5.74, 6) is -3.55. The molecule has 0 aromatic carbocycles. The Morgan fingerprint density at radius 2 is 1.80 bits per heavy atom. The van der Waals surface area contributed by atoms with E-state index in [4.69, 9.17) is 0 Å². The van der Waals surface area contributed by atoms with Gasteiger partial charge in [-0.3, -0.25) is 0 Å². The summed E-state index contributed by atoms with van der Waals surface area (Å²) in [5, 5.41) is 2.09. The monoisotopic (exact) mass is 157 g/mol. The van der Waals surface area contributed by atoms with Gasteiger partial charge in [-0.05, 0) is 0 Å². The number of rotatable bonds is 1. The van der Waals surface area contributed by atoms with Crippen LogP contribution in [0.15, 0.2) is 0 Å². The van der Waals surface area contributed by atoms with E-state index < -0.39 is 31.4 Å². The third kappa shape index (κ3) is 0.885. The number of alkyl halides is 4. The van der Waals surface area contributed by atoms with Crippen LogP contribution in [-0.2, 0) is 0 Å². The topological polar surface area (TPSA) is 12.0 Å². The number of halogens is 4.